The monoisotopic (exact) mass is 310 g/mol. The van der Waals surface area contributed by atoms with Gasteiger partial charge < -0.3 is 5.73 Å². The molecular formula is C13H9F3N4O2. The van der Waals surface area contributed by atoms with Gasteiger partial charge in [-0.1, -0.05) is 0 Å². The van der Waals surface area contributed by atoms with Crippen LogP contribution in [-0.4, -0.2) is 21.9 Å². The Bertz CT molecular complexity index is 722. The number of rotatable bonds is 3. The number of nitrogens with zero attached hydrogens (tertiary/aromatic N) is 2. The van der Waals surface area contributed by atoms with E-state index in [9.17, 15) is 22.8 Å². The Kier molecular flexibility index (Phi) is 4.25. The van der Waals surface area contributed by atoms with Crippen molar-refractivity contribution in [3.8, 4) is 0 Å². The van der Waals surface area contributed by atoms with E-state index in [-0.39, 0.29) is 10.8 Å². The number of nitrogens with two attached hydrogens (primary N) is 1. The molecule has 0 aliphatic heterocycles. The minimum absolute atomic E-state index is 0.0731. The highest BCUT2D eigenvalue weighted by Gasteiger charge is 2.24. The average molecular weight is 310 g/mol. The Morgan fingerprint density at radius 1 is 1.09 bits per heavy atom. The maximum absolute atomic E-state index is 13.6. The van der Waals surface area contributed by atoms with Crippen molar-refractivity contribution in [1.82, 2.24) is 9.99 Å². The lowest BCUT2D eigenvalue weighted by Crippen LogP contribution is -2.45. The first-order chi connectivity index (χ1) is 10.4. The molecule has 0 radical (unpaired) electrons. The first kappa shape index (κ1) is 15.3. The van der Waals surface area contributed by atoms with Crippen LogP contribution in [0, 0.1) is 17.5 Å². The number of primary amides is 1. The molecule has 1 aromatic carbocycles. The van der Waals surface area contributed by atoms with Crippen LogP contribution < -0.4 is 11.2 Å². The molecular weight excluding hydrogens is 301 g/mol. The molecule has 114 valence electrons. The van der Waals surface area contributed by atoms with Crippen molar-refractivity contribution in [3.05, 3.63) is 59.5 Å². The van der Waals surface area contributed by atoms with E-state index in [0.29, 0.717) is 6.07 Å². The fraction of sp³-hybridized carbons (Fsp3) is 0. The minimum Gasteiger partial charge on any atom is -0.350 e. The van der Waals surface area contributed by atoms with Gasteiger partial charge in [0.25, 0.3) is 5.91 Å². The first-order valence-corrected chi connectivity index (χ1v) is 5.85. The van der Waals surface area contributed by atoms with Gasteiger partial charge in [0.2, 0.25) is 0 Å². The zero-order chi connectivity index (χ0) is 16.3. The summed E-state index contributed by atoms with van der Waals surface area (Å²) in [6, 6.07) is 3.12. The summed E-state index contributed by atoms with van der Waals surface area (Å²) in [6.07, 6.45) is 0.838. The van der Waals surface area contributed by atoms with Crippen molar-refractivity contribution >= 4 is 17.8 Å². The number of urea groups is 1. The normalized spacial score (nSPS) is 10.1. The Labute approximate surface area is 122 Å². The summed E-state index contributed by atoms with van der Waals surface area (Å²) < 4.78 is 39.2. The fourth-order valence-electron chi connectivity index (χ4n) is 1.55. The third-order valence-electron chi connectivity index (χ3n) is 2.54. The Hall–Kier alpha value is -3.10. The van der Waals surface area contributed by atoms with Crippen LogP contribution in [0.5, 0.6) is 0 Å². The molecule has 22 heavy (non-hydrogen) atoms. The van der Waals surface area contributed by atoms with Gasteiger partial charge >= 0.3 is 6.03 Å². The molecule has 6 nitrogen and oxygen atoms in total. The fourth-order valence-corrected chi connectivity index (χ4v) is 1.55. The molecule has 0 saturated carbocycles. The maximum Gasteiger partial charge on any atom is 0.341 e. The van der Waals surface area contributed by atoms with E-state index in [2.05, 4.69) is 10.4 Å². The number of imide groups is 1. The number of amides is 3. The van der Waals surface area contributed by atoms with Gasteiger partial charge in [-0.3, -0.25) is 10.2 Å². The Balaban J connectivity index is 2.29. The van der Waals surface area contributed by atoms with Crippen LogP contribution in [0.2, 0.25) is 0 Å². The first-order valence-electron chi connectivity index (χ1n) is 5.85. The van der Waals surface area contributed by atoms with Gasteiger partial charge in [0.15, 0.2) is 0 Å². The molecule has 0 spiro atoms. The molecule has 9 heteroatoms. The standard InChI is InChI=1S/C13H9F3N4O2/c14-7-1-3-9(10(16)5-7)12(21)20(13(17)22)19-11-4-2-8(15)6-18-11/h1-6H,(H2,17,22)(H,18,19). The lowest BCUT2D eigenvalue weighted by molar-refractivity contribution is 0.0831. The molecule has 0 unspecified atom stereocenters. The number of nitrogens with one attached hydrogen (secondary N) is 1. The predicted molar refractivity (Wildman–Crippen MR) is 69.9 cm³/mol. The van der Waals surface area contributed by atoms with Crippen molar-refractivity contribution in [2.24, 2.45) is 5.73 Å². The molecule has 1 aromatic heterocycles. The van der Waals surface area contributed by atoms with E-state index in [0.717, 1.165) is 30.5 Å². The van der Waals surface area contributed by atoms with Crippen molar-refractivity contribution in [2.75, 3.05) is 5.43 Å². The molecule has 0 atom stereocenters. The summed E-state index contributed by atoms with van der Waals surface area (Å²) in [4.78, 5) is 27.0. The van der Waals surface area contributed by atoms with Crippen molar-refractivity contribution in [3.63, 3.8) is 0 Å². The quantitative estimate of drug-likeness (QED) is 0.849. The average Bonchev–Trinajstić information content (AvgIpc) is 2.45. The number of anilines is 1. The number of hydrogen-bond acceptors (Lipinski definition) is 4. The molecule has 0 aliphatic carbocycles. The maximum atomic E-state index is 13.6. The number of benzene rings is 1. The van der Waals surface area contributed by atoms with Crippen LogP contribution in [0.15, 0.2) is 36.5 Å². The van der Waals surface area contributed by atoms with Gasteiger partial charge in [0.1, 0.15) is 23.3 Å². The second-order valence-corrected chi connectivity index (χ2v) is 4.08. The zero-order valence-electron chi connectivity index (χ0n) is 10.9. The molecule has 1 heterocycles. The topological polar surface area (TPSA) is 88.3 Å². The van der Waals surface area contributed by atoms with Gasteiger partial charge in [0, 0.05) is 6.07 Å². The van der Waals surface area contributed by atoms with Gasteiger partial charge in [-0.05, 0) is 24.3 Å². The third kappa shape index (κ3) is 3.32. The Morgan fingerprint density at radius 3 is 2.32 bits per heavy atom. The molecule has 2 rings (SSSR count). The zero-order valence-corrected chi connectivity index (χ0v) is 10.9. The van der Waals surface area contributed by atoms with E-state index in [4.69, 9.17) is 5.73 Å². The smallest absolute Gasteiger partial charge is 0.341 e. The molecule has 2 aromatic rings. The lowest BCUT2D eigenvalue weighted by Gasteiger charge is -2.19. The van der Waals surface area contributed by atoms with Crippen LogP contribution in [0.4, 0.5) is 23.8 Å². The number of aromatic nitrogens is 1. The van der Waals surface area contributed by atoms with E-state index in [1.165, 1.54) is 0 Å². The van der Waals surface area contributed by atoms with Crippen molar-refractivity contribution < 1.29 is 22.8 Å². The highest BCUT2D eigenvalue weighted by molar-refractivity contribution is 6.04. The summed E-state index contributed by atoms with van der Waals surface area (Å²) in [5, 5.41) is 0.274. The summed E-state index contributed by atoms with van der Waals surface area (Å²) in [6.45, 7) is 0. The van der Waals surface area contributed by atoms with E-state index >= 15 is 0 Å². The van der Waals surface area contributed by atoms with Crippen LogP contribution in [-0.2, 0) is 0 Å². The van der Waals surface area contributed by atoms with Crippen LogP contribution in [0.3, 0.4) is 0 Å². The van der Waals surface area contributed by atoms with Crippen LogP contribution in [0.1, 0.15) is 10.4 Å². The van der Waals surface area contributed by atoms with Gasteiger partial charge in [-0.2, -0.15) is 5.01 Å². The van der Waals surface area contributed by atoms with E-state index in [1.807, 2.05) is 0 Å². The summed E-state index contributed by atoms with van der Waals surface area (Å²) in [5.41, 5.74) is 6.68. The second kappa shape index (κ2) is 6.12. The van der Waals surface area contributed by atoms with Gasteiger partial charge in [-0.25, -0.2) is 22.9 Å². The number of hydrazine groups is 1. The van der Waals surface area contributed by atoms with Crippen molar-refractivity contribution in [2.45, 2.75) is 0 Å². The number of carbonyl (C=O) groups excluding carboxylic acids is 2. The molecule has 0 aliphatic rings. The molecule has 3 amide bonds. The molecule has 3 N–H and O–H groups in total. The van der Waals surface area contributed by atoms with E-state index < -0.39 is 35.0 Å². The molecule has 0 bridgehead atoms. The summed E-state index contributed by atoms with van der Waals surface area (Å²) in [7, 11) is 0. The molecule has 0 saturated heterocycles. The van der Waals surface area contributed by atoms with Crippen LogP contribution in [0.25, 0.3) is 0 Å². The number of pyridine rings is 1. The largest absolute Gasteiger partial charge is 0.350 e. The summed E-state index contributed by atoms with van der Waals surface area (Å²) >= 11 is 0. The molecule has 0 fully saturated rings. The van der Waals surface area contributed by atoms with Gasteiger partial charge in [0.05, 0.1) is 11.8 Å². The predicted octanol–water partition coefficient (Wildman–Crippen LogP) is 2.05. The highest BCUT2D eigenvalue weighted by atomic mass is 19.1. The number of carbonyl (C=O) groups is 2. The minimum atomic E-state index is -1.25. The van der Waals surface area contributed by atoms with Gasteiger partial charge in [-0.15, -0.1) is 0 Å². The lowest BCUT2D eigenvalue weighted by atomic mass is 10.2. The van der Waals surface area contributed by atoms with Crippen molar-refractivity contribution in [1.29, 1.82) is 0 Å². The van der Waals surface area contributed by atoms with E-state index in [1.54, 1.807) is 0 Å². The summed E-state index contributed by atoms with van der Waals surface area (Å²) in [5.74, 6) is -3.91. The Morgan fingerprint density at radius 2 is 1.77 bits per heavy atom. The number of hydrogen-bond donors (Lipinski definition) is 2. The highest BCUT2D eigenvalue weighted by Crippen LogP contribution is 2.13. The second-order valence-electron chi connectivity index (χ2n) is 4.08. The SMILES string of the molecule is NC(=O)N(Nc1ccc(F)cn1)C(=O)c1ccc(F)cc1F. The third-order valence-corrected chi connectivity index (χ3v) is 2.54. The number of halogens is 3. The van der Waals surface area contributed by atoms with Crippen LogP contribution >= 0.6 is 0 Å².